The zero-order chi connectivity index (χ0) is 46.8. The van der Waals surface area contributed by atoms with Crippen molar-refractivity contribution in [3.63, 3.8) is 0 Å². The van der Waals surface area contributed by atoms with Crippen molar-refractivity contribution in [2.24, 2.45) is 46.3 Å². The zero-order valence-electron chi connectivity index (χ0n) is 39.9. The molecule has 4 aliphatic rings. The molecule has 363 valence electrons. The van der Waals surface area contributed by atoms with Crippen molar-refractivity contribution in [1.29, 1.82) is 0 Å². The maximum absolute atomic E-state index is 13.0. The van der Waals surface area contributed by atoms with E-state index in [1.54, 1.807) is 0 Å². The molecule has 1 radical (unpaired) electrons. The van der Waals surface area contributed by atoms with Gasteiger partial charge in [-0.15, -0.1) is 0 Å². The molecule has 24 heteroatoms. The summed E-state index contributed by atoms with van der Waals surface area (Å²) in [5.41, 5.74) is -0.626. The number of carboxylic acids is 6. The third-order valence-corrected chi connectivity index (χ3v) is 15.3. The van der Waals surface area contributed by atoms with Gasteiger partial charge in [-0.1, -0.05) is 20.8 Å². The summed E-state index contributed by atoms with van der Waals surface area (Å²) in [4.78, 5) is 84.5. The van der Waals surface area contributed by atoms with Gasteiger partial charge in [-0.25, -0.2) is 4.79 Å². The number of carboxylic acid groups (broad SMARTS) is 6. The molecule has 12 atom stereocenters. The third-order valence-electron chi connectivity index (χ3n) is 15.3. The van der Waals surface area contributed by atoms with E-state index < -0.39 is 97.9 Å². The SMILES string of the molecule is CC(CCC(=O)[O-])[C@H]1CCC2C3C(O)CC4C[C@H](OC(=O)NCCCC[C@@H](C(=O)[O-])N(CCN(CC(=O)[O-])CC(=O)[O-])CCN(CC(=O)[O-])CC(=O)[O-])CC[C@]4(C)C3C[C@H](O)[C@@]21C.[Gd+3].[Na+].[Na+].[Na+]. The number of alkyl carbamates (subject to hydrolysis) is 1. The average molecular weight is 1120 g/mol. The van der Waals surface area contributed by atoms with Gasteiger partial charge >= 0.3 is 135 Å². The summed E-state index contributed by atoms with van der Waals surface area (Å²) in [5.74, 6) is -8.58. The Morgan fingerprint density at radius 1 is 0.701 bits per heavy atom. The molecule has 4 aliphatic carbocycles. The van der Waals surface area contributed by atoms with Gasteiger partial charge in [0, 0.05) is 70.9 Å². The second kappa shape index (κ2) is 31.1. The molecule has 1 amide bonds. The van der Waals surface area contributed by atoms with Crippen LogP contribution in [-0.4, -0.2) is 150 Å². The minimum atomic E-state index is -1.60. The molecule has 4 rings (SSSR count). The molecule has 3 N–H and O–H groups in total. The van der Waals surface area contributed by atoms with Crippen molar-refractivity contribution >= 4 is 41.9 Å². The third kappa shape index (κ3) is 18.9. The van der Waals surface area contributed by atoms with Crippen LogP contribution in [0.5, 0.6) is 0 Å². The number of unbranched alkanes of at least 4 members (excludes halogenated alkanes) is 1. The summed E-state index contributed by atoms with van der Waals surface area (Å²) in [6.45, 7) is 2.19. The van der Waals surface area contributed by atoms with Crippen molar-refractivity contribution in [2.75, 3.05) is 58.9 Å². The summed E-state index contributed by atoms with van der Waals surface area (Å²) >= 11 is 0. The number of ether oxygens (including phenoxy) is 1. The number of rotatable bonds is 26. The van der Waals surface area contributed by atoms with E-state index in [0.717, 1.165) is 29.1 Å². The molecule has 0 aromatic rings. The first-order valence-electron chi connectivity index (χ1n) is 22.3. The van der Waals surface area contributed by atoms with Crippen LogP contribution in [0.3, 0.4) is 0 Å². The van der Waals surface area contributed by atoms with Crippen LogP contribution in [0.1, 0.15) is 97.8 Å². The maximum Gasteiger partial charge on any atom is 3.00 e. The number of amides is 1. The molecule has 0 heterocycles. The summed E-state index contributed by atoms with van der Waals surface area (Å²) in [6.07, 6.45) is 3.31. The quantitative estimate of drug-likeness (QED) is 0.0535. The molecule has 67 heavy (non-hydrogen) atoms. The first kappa shape index (κ1) is 67.2. The van der Waals surface area contributed by atoms with Gasteiger partial charge in [0.25, 0.3) is 0 Å². The van der Waals surface area contributed by atoms with Gasteiger partial charge in [-0.2, -0.15) is 0 Å². The molecule has 0 aromatic carbocycles. The standard InChI is InChI=1S/C43H70N4O16.Gd.3Na/c1-25(7-10-34(50)51)28-8-9-29-39-30(20-33(49)43(28,29)3)42(2)12-11-27(18-26(42)19-32(39)48)63-41(62)44-13-5-4-6-31(40(60)61)47(16-14-45(21-35(52)53)22-36(54)55)17-15-46(23-37(56)57)24-38(58)59;;;;/h25-33,39,48-49H,4-24H2,1-3H3,(H,44,62)(H,50,51)(H,52,53)(H,54,55)(H,56,57)(H,58,59)(H,60,61);;;;/q;+3;3*+1/p-6/t25?,26?,27-,28-,29?,30?,31+,32?,33+,39?,42+,43-;;;;/m1..../s1. The van der Waals surface area contributed by atoms with Crippen LogP contribution in [0.25, 0.3) is 0 Å². The van der Waals surface area contributed by atoms with E-state index in [9.17, 15) is 74.4 Å². The minimum absolute atomic E-state index is 0. The molecule has 0 saturated heterocycles. The van der Waals surface area contributed by atoms with Gasteiger partial charge in [-0.3, -0.25) is 14.7 Å². The summed E-state index contributed by atoms with van der Waals surface area (Å²) < 4.78 is 5.83. The van der Waals surface area contributed by atoms with Gasteiger partial charge in [0.15, 0.2) is 0 Å². The van der Waals surface area contributed by atoms with Crippen LogP contribution in [-0.2, 0) is 33.5 Å². The number of hydrogen-bond donors (Lipinski definition) is 3. The van der Waals surface area contributed by atoms with Crippen molar-refractivity contribution in [1.82, 2.24) is 20.0 Å². The Morgan fingerprint density at radius 3 is 1.73 bits per heavy atom. The Bertz CT molecular complexity index is 1590. The minimum Gasteiger partial charge on any atom is -0.550 e. The number of nitrogens with one attached hydrogen (secondary N) is 1. The van der Waals surface area contributed by atoms with Gasteiger partial charge in [0.1, 0.15) is 6.10 Å². The van der Waals surface area contributed by atoms with Gasteiger partial charge in [-0.05, 0) is 123 Å². The number of carbonyl (C=O) groups is 7. The Kier molecular flexibility index (Phi) is 31.2. The van der Waals surface area contributed by atoms with E-state index in [2.05, 4.69) is 26.1 Å². The van der Waals surface area contributed by atoms with Crippen LogP contribution in [0.15, 0.2) is 0 Å². The van der Waals surface area contributed by atoms with Crippen molar-refractivity contribution in [3.8, 4) is 0 Å². The average Bonchev–Trinajstić information content (AvgIpc) is 3.53. The Balaban J connectivity index is 0.0000109. The number of aliphatic hydroxyl groups is 2. The fraction of sp³-hybridized carbons (Fsp3) is 0.837. The smallest absolute Gasteiger partial charge is 0.550 e. The van der Waals surface area contributed by atoms with Crippen LogP contribution in [0, 0.1) is 86.3 Å². The van der Waals surface area contributed by atoms with E-state index >= 15 is 0 Å². The van der Waals surface area contributed by atoms with Crippen LogP contribution in [0.2, 0.25) is 0 Å². The molecule has 6 unspecified atom stereocenters. The molecular formula is C43H64GdN4Na3O16. The Hall–Kier alpha value is 0.215. The van der Waals surface area contributed by atoms with Crippen molar-refractivity contribution in [2.45, 2.75) is 122 Å². The first-order valence-corrected chi connectivity index (χ1v) is 22.3. The number of aliphatic hydroxyl groups excluding tert-OH is 2. The fourth-order valence-corrected chi connectivity index (χ4v) is 12.2. The molecular weight excluding hydrogens is 1050 g/mol. The number of fused-ring (bicyclic) bond motifs is 5. The van der Waals surface area contributed by atoms with E-state index in [0.29, 0.717) is 32.1 Å². The molecule has 0 aromatic heterocycles. The van der Waals surface area contributed by atoms with Gasteiger partial charge in [0.2, 0.25) is 0 Å². The van der Waals surface area contributed by atoms with E-state index in [1.165, 1.54) is 4.90 Å². The summed E-state index contributed by atoms with van der Waals surface area (Å²) in [5, 5.41) is 94.7. The molecule has 4 fully saturated rings. The zero-order valence-corrected chi connectivity index (χ0v) is 48.2. The van der Waals surface area contributed by atoms with Crippen LogP contribution >= 0.6 is 0 Å². The van der Waals surface area contributed by atoms with E-state index in [1.807, 2.05) is 0 Å². The Morgan fingerprint density at radius 2 is 1.24 bits per heavy atom. The predicted octanol–water partition coefficient (Wildman–Crippen LogP) is -14.9. The number of nitrogens with zero attached hydrogens (tertiary/aromatic N) is 3. The maximum atomic E-state index is 13.0. The van der Waals surface area contributed by atoms with E-state index in [-0.39, 0.29) is 228 Å². The normalized spacial score (nSPS) is 29.2. The summed E-state index contributed by atoms with van der Waals surface area (Å²) in [6, 6.07) is -1.36. The first-order chi connectivity index (χ1) is 29.6. The van der Waals surface area contributed by atoms with Crippen LogP contribution < -0.4 is 125 Å². The van der Waals surface area contributed by atoms with Crippen molar-refractivity contribution in [3.05, 3.63) is 0 Å². The van der Waals surface area contributed by atoms with E-state index in [4.69, 9.17) is 4.74 Å². The van der Waals surface area contributed by atoms with Gasteiger partial charge < -0.3 is 79.7 Å². The molecule has 20 nitrogen and oxygen atoms in total. The van der Waals surface area contributed by atoms with Crippen molar-refractivity contribution < 1.29 is 208 Å². The topological polar surface area (TPSA) is 329 Å². The van der Waals surface area contributed by atoms with Gasteiger partial charge in [0.05, 0.1) is 42.1 Å². The fourth-order valence-electron chi connectivity index (χ4n) is 12.2. The van der Waals surface area contributed by atoms with Crippen LogP contribution in [0.4, 0.5) is 4.79 Å². The number of hydrogen-bond acceptors (Lipinski definition) is 19. The largest absolute Gasteiger partial charge is 3.00 e. The molecule has 0 aliphatic heterocycles. The number of aliphatic carboxylic acids is 6. The second-order valence-corrected chi connectivity index (χ2v) is 19.0. The molecule has 0 spiro atoms. The monoisotopic (exact) mass is 1120 g/mol. The second-order valence-electron chi connectivity index (χ2n) is 19.0. The predicted molar refractivity (Wildman–Crippen MR) is 207 cm³/mol. The number of carbonyl (C=O) groups excluding carboxylic acids is 7. The Labute approximate surface area is 491 Å². The molecule has 0 bridgehead atoms. The summed E-state index contributed by atoms with van der Waals surface area (Å²) in [7, 11) is 0. The molecule has 4 saturated carbocycles.